The van der Waals surface area contributed by atoms with Crippen LogP contribution in [0.15, 0.2) is 48.5 Å². The molecule has 5 nitrogen and oxygen atoms in total. The predicted octanol–water partition coefficient (Wildman–Crippen LogP) is 3.84. The van der Waals surface area contributed by atoms with Crippen LogP contribution in [0.5, 0.6) is 0 Å². The van der Waals surface area contributed by atoms with Crippen molar-refractivity contribution in [1.82, 2.24) is 9.78 Å². The van der Waals surface area contributed by atoms with Gasteiger partial charge in [-0.3, -0.25) is 4.79 Å². The highest BCUT2D eigenvalue weighted by Gasteiger charge is 2.15. The first-order valence-corrected chi connectivity index (χ1v) is 7.87. The summed E-state index contributed by atoms with van der Waals surface area (Å²) >= 11 is 0. The van der Waals surface area contributed by atoms with E-state index < -0.39 is 17.5 Å². The topological polar surface area (TPSA) is 70.7 Å². The lowest BCUT2D eigenvalue weighted by molar-refractivity contribution is 0.102. The maximum Gasteiger partial charge on any atom is 0.256 e. The Morgan fingerprint density at radius 2 is 1.92 bits per heavy atom. The van der Waals surface area contributed by atoms with Crippen molar-refractivity contribution in [2.45, 2.75) is 13.3 Å². The third-order valence-electron chi connectivity index (χ3n) is 3.80. The third-order valence-corrected chi connectivity index (χ3v) is 3.80. The number of nitrogens with one attached hydrogen (secondary N) is 1. The molecule has 0 unspecified atom stereocenters. The van der Waals surface area contributed by atoms with Crippen LogP contribution in [-0.2, 0) is 6.42 Å². The van der Waals surface area contributed by atoms with Gasteiger partial charge in [0, 0.05) is 23.4 Å². The van der Waals surface area contributed by atoms with E-state index >= 15 is 0 Å². The summed E-state index contributed by atoms with van der Waals surface area (Å²) in [6.45, 7) is 1.86. The van der Waals surface area contributed by atoms with Crippen LogP contribution in [0.2, 0.25) is 0 Å². The summed E-state index contributed by atoms with van der Waals surface area (Å²) in [4.78, 5) is 12.3. The average molecular weight is 352 g/mol. The van der Waals surface area contributed by atoms with Crippen molar-refractivity contribution in [1.29, 1.82) is 5.26 Å². The minimum absolute atomic E-state index is 0.0992. The predicted molar refractivity (Wildman–Crippen MR) is 92.0 cm³/mol. The molecule has 1 aromatic heterocycles. The van der Waals surface area contributed by atoms with E-state index in [4.69, 9.17) is 5.26 Å². The Bertz CT molecular complexity index is 1000. The molecule has 0 spiro atoms. The SMILES string of the molecule is CCc1cc(NC(=O)c2ccc(C#N)cc2)nn1-c1ccc(F)cc1F. The number of nitrogens with zero attached hydrogens (tertiary/aromatic N) is 3. The fourth-order valence-electron chi connectivity index (χ4n) is 2.48. The number of amides is 1. The van der Waals surface area contributed by atoms with Crippen LogP contribution in [0, 0.1) is 23.0 Å². The zero-order chi connectivity index (χ0) is 18.7. The highest BCUT2D eigenvalue weighted by atomic mass is 19.1. The second-order valence-corrected chi connectivity index (χ2v) is 5.53. The van der Waals surface area contributed by atoms with Gasteiger partial charge in [0.2, 0.25) is 0 Å². The second-order valence-electron chi connectivity index (χ2n) is 5.53. The van der Waals surface area contributed by atoms with Crippen LogP contribution in [0.4, 0.5) is 14.6 Å². The zero-order valence-electron chi connectivity index (χ0n) is 13.8. The molecule has 7 heteroatoms. The quantitative estimate of drug-likeness (QED) is 0.776. The number of rotatable bonds is 4. The summed E-state index contributed by atoms with van der Waals surface area (Å²) in [6.07, 6.45) is 0.538. The number of anilines is 1. The number of aryl methyl sites for hydroxylation is 1. The Kier molecular flexibility index (Phi) is 4.76. The Balaban J connectivity index is 1.88. The number of hydrogen-bond acceptors (Lipinski definition) is 3. The summed E-state index contributed by atoms with van der Waals surface area (Å²) in [6, 6.07) is 13.0. The number of benzene rings is 2. The molecule has 0 saturated carbocycles. The zero-order valence-corrected chi connectivity index (χ0v) is 13.8. The third kappa shape index (κ3) is 3.44. The lowest BCUT2D eigenvalue weighted by Gasteiger charge is -2.07. The van der Waals surface area contributed by atoms with Gasteiger partial charge in [0.15, 0.2) is 11.6 Å². The molecule has 130 valence electrons. The van der Waals surface area contributed by atoms with E-state index in [1.165, 1.54) is 22.9 Å². The summed E-state index contributed by atoms with van der Waals surface area (Å²) in [5, 5.41) is 15.6. The molecule has 0 atom stereocenters. The second kappa shape index (κ2) is 7.15. The Labute approximate surface area is 148 Å². The molecule has 0 aliphatic heterocycles. The molecule has 1 heterocycles. The smallest absolute Gasteiger partial charge is 0.256 e. The van der Waals surface area contributed by atoms with Crippen molar-refractivity contribution in [3.8, 4) is 11.8 Å². The molecule has 0 saturated heterocycles. The number of carbonyl (C=O) groups excluding carboxylic acids is 1. The highest BCUT2D eigenvalue weighted by molar-refractivity contribution is 6.03. The summed E-state index contributed by atoms with van der Waals surface area (Å²) < 4.78 is 28.5. The maximum absolute atomic E-state index is 14.0. The van der Waals surface area contributed by atoms with Crippen molar-refractivity contribution in [2.75, 3.05) is 5.32 Å². The van der Waals surface area contributed by atoms with E-state index in [1.54, 1.807) is 18.2 Å². The van der Waals surface area contributed by atoms with E-state index in [0.29, 0.717) is 23.2 Å². The molecule has 0 bridgehead atoms. The molecule has 2 aromatic carbocycles. The molecule has 0 aliphatic carbocycles. The standard InChI is InChI=1S/C19H14F2N4O/c1-2-15-10-18(23-19(26)13-5-3-12(11-22)4-6-13)24-25(15)17-8-7-14(20)9-16(17)21/h3-10H,2H2,1H3,(H,23,24,26). The fraction of sp³-hybridized carbons (Fsp3) is 0.105. The molecule has 0 radical (unpaired) electrons. The minimum atomic E-state index is -0.743. The Morgan fingerprint density at radius 1 is 1.19 bits per heavy atom. The van der Waals surface area contributed by atoms with Crippen LogP contribution in [0.1, 0.15) is 28.5 Å². The van der Waals surface area contributed by atoms with Crippen LogP contribution in [0.3, 0.4) is 0 Å². The van der Waals surface area contributed by atoms with Crippen LogP contribution in [0.25, 0.3) is 5.69 Å². The van der Waals surface area contributed by atoms with Crippen LogP contribution < -0.4 is 5.32 Å². The largest absolute Gasteiger partial charge is 0.305 e. The average Bonchev–Trinajstić information content (AvgIpc) is 3.04. The molecule has 3 aromatic rings. The molecule has 3 rings (SSSR count). The Morgan fingerprint density at radius 3 is 2.54 bits per heavy atom. The van der Waals surface area contributed by atoms with Crippen LogP contribution in [-0.4, -0.2) is 15.7 Å². The van der Waals surface area contributed by atoms with Crippen molar-refractivity contribution in [2.24, 2.45) is 0 Å². The minimum Gasteiger partial charge on any atom is -0.305 e. The first-order valence-electron chi connectivity index (χ1n) is 7.87. The van der Waals surface area contributed by atoms with Crippen molar-refractivity contribution < 1.29 is 13.6 Å². The summed E-state index contributed by atoms with van der Waals surface area (Å²) in [7, 11) is 0. The molecule has 26 heavy (non-hydrogen) atoms. The van der Waals surface area contributed by atoms with Gasteiger partial charge in [0.25, 0.3) is 5.91 Å². The van der Waals surface area contributed by atoms with Gasteiger partial charge in [0.05, 0.1) is 11.6 Å². The monoisotopic (exact) mass is 352 g/mol. The first-order chi connectivity index (χ1) is 12.5. The van der Waals surface area contributed by atoms with Gasteiger partial charge in [0.1, 0.15) is 11.5 Å². The van der Waals surface area contributed by atoms with Crippen molar-refractivity contribution in [3.63, 3.8) is 0 Å². The van der Waals surface area contributed by atoms with Gasteiger partial charge in [-0.05, 0) is 42.8 Å². The van der Waals surface area contributed by atoms with Gasteiger partial charge in [-0.1, -0.05) is 6.92 Å². The molecule has 1 amide bonds. The van der Waals surface area contributed by atoms with Gasteiger partial charge >= 0.3 is 0 Å². The van der Waals surface area contributed by atoms with Gasteiger partial charge in [-0.15, -0.1) is 5.10 Å². The van der Waals surface area contributed by atoms with E-state index in [2.05, 4.69) is 10.4 Å². The van der Waals surface area contributed by atoms with E-state index in [0.717, 1.165) is 12.1 Å². The highest BCUT2D eigenvalue weighted by Crippen LogP contribution is 2.20. The lowest BCUT2D eigenvalue weighted by atomic mass is 10.1. The normalized spacial score (nSPS) is 10.4. The number of nitriles is 1. The van der Waals surface area contributed by atoms with Crippen molar-refractivity contribution in [3.05, 3.63) is 77.0 Å². The molecule has 1 N–H and O–H groups in total. The number of halogens is 2. The summed E-state index contributed by atoms with van der Waals surface area (Å²) in [5.41, 5.74) is 1.57. The van der Waals surface area contributed by atoms with E-state index in [-0.39, 0.29) is 11.5 Å². The van der Waals surface area contributed by atoms with Crippen LogP contribution >= 0.6 is 0 Å². The number of hydrogen-bond donors (Lipinski definition) is 1. The number of carbonyl (C=O) groups is 1. The number of aromatic nitrogens is 2. The Hall–Kier alpha value is -3.53. The lowest BCUT2D eigenvalue weighted by Crippen LogP contribution is -2.12. The van der Waals surface area contributed by atoms with Gasteiger partial charge < -0.3 is 5.32 Å². The first kappa shape index (κ1) is 17.3. The van der Waals surface area contributed by atoms with Gasteiger partial charge in [-0.25, -0.2) is 13.5 Å². The molecule has 0 fully saturated rings. The fourth-order valence-corrected chi connectivity index (χ4v) is 2.48. The molecular formula is C19H14F2N4O. The van der Waals surface area contributed by atoms with E-state index in [9.17, 15) is 13.6 Å². The van der Waals surface area contributed by atoms with E-state index in [1.807, 2.05) is 13.0 Å². The molecule has 0 aliphatic rings. The summed E-state index contributed by atoms with van der Waals surface area (Å²) in [5.74, 6) is -1.57. The maximum atomic E-state index is 14.0. The van der Waals surface area contributed by atoms with Crippen molar-refractivity contribution >= 4 is 11.7 Å². The van der Waals surface area contributed by atoms with Gasteiger partial charge in [-0.2, -0.15) is 5.26 Å². The molecular weight excluding hydrogens is 338 g/mol.